The number of rotatable bonds is 4. The molecule has 104 valence electrons. The van der Waals surface area contributed by atoms with Crippen molar-refractivity contribution in [2.75, 3.05) is 11.5 Å². The number of pyridine rings is 1. The van der Waals surface area contributed by atoms with Crippen LogP contribution in [-0.2, 0) is 10.1 Å². The van der Waals surface area contributed by atoms with Crippen molar-refractivity contribution in [3.63, 3.8) is 0 Å². The zero-order valence-corrected chi connectivity index (χ0v) is 13.7. The summed E-state index contributed by atoms with van der Waals surface area (Å²) in [5.41, 5.74) is 0. The van der Waals surface area contributed by atoms with Crippen molar-refractivity contribution in [2.24, 2.45) is 0 Å². The highest BCUT2D eigenvalue weighted by molar-refractivity contribution is 8.27. The summed E-state index contributed by atoms with van der Waals surface area (Å²) in [7, 11) is -0.644. The van der Waals surface area contributed by atoms with E-state index < -0.39 is 16.8 Å². The van der Waals surface area contributed by atoms with E-state index in [2.05, 4.69) is 4.98 Å². The molecule has 0 atom stereocenters. The lowest BCUT2D eigenvalue weighted by Gasteiger charge is -2.19. The van der Waals surface area contributed by atoms with Crippen LogP contribution in [0.2, 0.25) is 15.2 Å². The van der Waals surface area contributed by atoms with Gasteiger partial charge in [-0.1, -0.05) is 48.7 Å². The van der Waals surface area contributed by atoms with Crippen molar-refractivity contribution >= 4 is 51.6 Å². The summed E-state index contributed by atoms with van der Waals surface area (Å²) in [4.78, 5) is 23.8. The van der Waals surface area contributed by atoms with E-state index in [0.29, 0.717) is 11.5 Å². The first-order valence-corrected chi connectivity index (χ1v) is 9.97. The van der Waals surface area contributed by atoms with Crippen molar-refractivity contribution in [1.29, 1.82) is 0 Å². The minimum Gasteiger partial charge on any atom is -0.408 e. The molecule has 1 heterocycles. The molecule has 0 amide bonds. The van der Waals surface area contributed by atoms with Gasteiger partial charge in [0.25, 0.3) is 0 Å². The van der Waals surface area contributed by atoms with Crippen molar-refractivity contribution in [1.82, 2.24) is 4.98 Å². The van der Waals surface area contributed by atoms with E-state index in [4.69, 9.17) is 39.3 Å². The molecule has 18 heavy (non-hydrogen) atoms. The van der Waals surface area contributed by atoms with Gasteiger partial charge in [0.05, 0.1) is 5.02 Å². The lowest BCUT2D eigenvalue weighted by Crippen LogP contribution is -2.06. The first-order chi connectivity index (χ1) is 8.31. The first kappa shape index (κ1) is 16.6. The van der Waals surface area contributed by atoms with Crippen LogP contribution < -0.4 is 4.52 Å². The Morgan fingerprint density at radius 1 is 1.22 bits per heavy atom. The number of aromatic nitrogens is 1. The fourth-order valence-corrected chi connectivity index (χ4v) is 5.88. The Kier molecular flexibility index (Phi) is 6.26. The zero-order valence-electron chi connectivity index (χ0n) is 9.73. The lowest BCUT2D eigenvalue weighted by atomic mass is 10.5. The van der Waals surface area contributed by atoms with Crippen LogP contribution in [0.4, 0.5) is 0 Å². The quantitative estimate of drug-likeness (QED) is 0.640. The number of hydrogen-bond donors (Lipinski definition) is 2. The van der Waals surface area contributed by atoms with Gasteiger partial charge in [0.1, 0.15) is 5.02 Å². The summed E-state index contributed by atoms with van der Waals surface area (Å²) in [6, 6.07) is 1.35. The van der Waals surface area contributed by atoms with Crippen LogP contribution in [0.3, 0.4) is 0 Å². The minimum atomic E-state index is -3.56. The third kappa shape index (κ3) is 4.01. The van der Waals surface area contributed by atoms with Gasteiger partial charge in [-0.2, -0.15) is 4.98 Å². The summed E-state index contributed by atoms with van der Waals surface area (Å²) in [6.45, 7) is 0.167. The lowest BCUT2D eigenvalue weighted by molar-refractivity contribution is 0.364. The largest absolute Gasteiger partial charge is 0.408 e. The fourth-order valence-electron chi connectivity index (χ4n) is 1.20. The van der Waals surface area contributed by atoms with Gasteiger partial charge in [0.2, 0.25) is 5.88 Å². The molecular formula is C9H13Cl3NO3PS. The molecule has 0 radical (unpaired) electrons. The van der Waals surface area contributed by atoms with E-state index in [1.807, 2.05) is 13.8 Å². The minimum absolute atomic E-state index is 0.00365. The molecule has 0 bridgehead atoms. The van der Waals surface area contributed by atoms with Crippen LogP contribution >= 0.6 is 41.5 Å². The van der Waals surface area contributed by atoms with Crippen LogP contribution in [0.1, 0.15) is 13.8 Å². The molecule has 2 N–H and O–H groups in total. The molecule has 9 heteroatoms. The molecule has 0 aliphatic rings. The predicted octanol–water partition coefficient (Wildman–Crippen LogP) is 3.74. The van der Waals surface area contributed by atoms with Crippen LogP contribution in [0, 0.1) is 0 Å². The maximum Gasteiger partial charge on any atom is 0.333 e. The molecule has 1 aromatic heterocycles. The summed E-state index contributed by atoms with van der Waals surface area (Å²) in [5.74, 6) is 1.11. The van der Waals surface area contributed by atoms with Gasteiger partial charge in [-0.3, -0.25) is 0 Å². The molecular weight excluding hydrogens is 340 g/mol. The smallest absolute Gasteiger partial charge is 0.333 e. The van der Waals surface area contributed by atoms with Crippen molar-refractivity contribution in [3.05, 3.63) is 21.3 Å². The fraction of sp³-hybridized carbons (Fsp3) is 0.444. The standard InChI is InChI=1S/C9H13Cl3NO3PS/c1-3-18(4-2)17(14,15)16-9-7(11)5-6(10)8(12)13-9/h5,14-15H,3-4H2,1-2H3. The Balaban J connectivity index is 3.19. The highest BCUT2D eigenvalue weighted by atomic mass is 35.5. The van der Waals surface area contributed by atoms with Gasteiger partial charge in [-0.15, -0.1) is 10.1 Å². The van der Waals surface area contributed by atoms with Gasteiger partial charge in [-0.05, 0) is 17.6 Å². The van der Waals surface area contributed by atoms with Crippen LogP contribution in [-0.4, -0.2) is 26.3 Å². The van der Waals surface area contributed by atoms with E-state index >= 15 is 0 Å². The second kappa shape index (κ2) is 6.80. The average molecular weight is 353 g/mol. The predicted molar refractivity (Wildman–Crippen MR) is 79.7 cm³/mol. The van der Waals surface area contributed by atoms with Gasteiger partial charge in [-0.25, -0.2) is 0 Å². The highest BCUT2D eigenvalue weighted by Gasteiger charge is 2.21. The number of hydrogen-bond acceptors (Lipinski definition) is 2. The number of halogens is 3. The Labute approximate surface area is 123 Å². The second-order valence-electron chi connectivity index (χ2n) is 3.17. The second-order valence-corrected chi connectivity index (χ2v) is 10.6. The van der Waals surface area contributed by atoms with E-state index in [1.165, 1.54) is 6.07 Å². The van der Waals surface area contributed by atoms with Crippen LogP contribution in [0.5, 0.6) is 5.88 Å². The van der Waals surface area contributed by atoms with E-state index in [-0.39, 0.29) is 21.1 Å². The van der Waals surface area contributed by atoms with Gasteiger partial charge in [0.15, 0.2) is 5.15 Å². The number of nitrogens with zero attached hydrogens (tertiary/aromatic N) is 1. The highest BCUT2D eigenvalue weighted by Crippen LogP contribution is 2.46. The maximum absolute atomic E-state index is 9.99. The van der Waals surface area contributed by atoms with Gasteiger partial charge >= 0.3 is 6.72 Å². The summed E-state index contributed by atoms with van der Waals surface area (Å²) >= 11 is 17.3. The first-order valence-electron chi connectivity index (χ1n) is 5.05. The molecule has 4 nitrogen and oxygen atoms in total. The Morgan fingerprint density at radius 3 is 2.28 bits per heavy atom. The van der Waals surface area contributed by atoms with Crippen LogP contribution in [0.15, 0.2) is 6.07 Å². The Hall–Kier alpha value is 0.520. The third-order valence-corrected chi connectivity index (χ3v) is 9.21. The SMILES string of the molecule is CCS(CC)=P(O)(O)Oc1nc(Cl)c(Cl)cc1Cl. The van der Waals surface area contributed by atoms with Crippen molar-refractivity contribution in [3.8, 4) is 5.88 Å². The molecule has 0 unspecified atom stereocenters. The Bertz CT molecular complexity index is 500. The van der Waals surface area contributed by atoms with Gasteiger partial charge < -0.3 is 14.3 Å². The van der Waals surface area contributed by atoms with Crippen molar-refractivity contribution < 1.29 is 14.3 Å². The monoisotopic (exact) mass is 351 g/mol. The summed E-state index contributed by atoms with van der Waals surface area (Å²) in [5, 5.41) is 0.274. The van der Waals surface area contributed by atoms with Gasteiger partial charge in [0, 0.05) is 0 Å². The van der Waals surface area contributed by atoms with Crippen LogP contribution in [0.25, 0.3) is 0 Å². The molecule has 0 spiro atoms. The summed E-state index contributed by atoms with van der Waals surface area (Å²) < 4.78 is 5.16. The van der Waals surface area contributed by atoms with E-state index in [0.717, 1.165) is 0 Å². The molecule has 1 rings (SSSR count). The van der Waals surface area contributed by atoms with Crippen molar-refractivity contribution in [2.45, 2.75) is 13.8 Å². The van der Waals surface area contributed by atoms with E-state index in [1.54, 1.807) is 0 Å². The average Bonchev–Trinajstić information content (AvgIpc) is 2.26. The molecule has 1 aromatic rings. The maximum atomic E-state index is 9.99. The normalized spacial score (nSPS) is 12.0. The zero-order chi connectivity index (χ0) is 13.9. The molecule has 0 fully saturated rings. The molecule has 0 aromatic carbocycles. The summed E-state index contributed by atoms with van der Waals surface area (Å²) in [6.07, 6.45) is 0. The molecule has 0 saturated carbocycles. The molecule has 0 aliphatic carbocycles. The third-order valence-electron chi connectivity index (χ3n) is 2.06. The Morgan fingerprint density at radius 2 is 1.78 bits per heavy atom. The molecule has 0 saturated heterocycles. The molecule has 0 aliphatic heterocycles. The topological polar surface area (TPSA) is 62.6 Å². The van der Waals surface area contributed by atoms with E-state index in [9.17, 15) is 9.79 Å².